The number of aliphatic imine (C=N–C) groups is 1. The van der Waals surface area contributed by atoms with Gasteiger partial charge in [-0.05, 0) is 18.8 Å². The first-order chi connectivity index (χ1) is 5.70. The fourth-order valence-corrected chi connectivity index (χ4v) is 1.64. The van der Waals surface area contributed by atoms with Crippen molar-refractivity contribution in [2.75, 3.05) is 6.54 Å². The quantitative estimate of drug-likeness (QED) is 0.509. The lowest BCUT2D eigenvalue weighted by atomic mass is 10.1. The summed E-state index contributed by atoms with van der Waals surface area (Å²) in [5.41, 5.74) is 5.88. The van der Waals surface area contributed by atoms with Crippen LogP contribution in [-0.2, 0) is 0 Å². The fourth-order valence-electron chi connectivity index (χ4n) is 1.64. The monoisotopic (exact) mass is 168 g/mol. The van der Waals surface area contributed by atoms with Gasteiger partial charge in [-0.1, -0.05) is 26.7 Å². The van der Waals surface area contributed by atoms with Gasteiger partial charge in [0.25, 0.3) is 0 Å². The van der Waals surface area contributed by atoms with Crippen molar-refractivity contribution in [3.05, 3.63) is 0 Å². The van der Waals surface area contributed by atoms with E-state index in [1.54, 1.807) is 0 Å². The van der Waals surface area contributed by atoms with Crippen LogP contribution in [0.15, 0.2) is 4.99 Å². The lowest BCUT2D eigenvalue weighted by Gasteiger charge is -2.08. The van der Waals surface area contributed by atoms with Crippen molar-refractivity contribution in [2.24, 2.45) is 22.6 Å². The Balaban J connectivity index is 2.34. The topological polar surface area (TPSA) is 38.4 Å². The zero-order valence-corrected chi connectivity index (χ0v) is 8.21. The summed E-state index contributed by atoms with van der Waals surface area (Å²) in [7, 11) is 0. The molecule has 2 N–H and O–H groups in total. The van der Waals surface area contributed by atoms with Gasteiger partial charge in [0.05, 0.1) is 5.84 Å². The molecule has 0 saturated heterocycles. The van der Waals surface area contributed by atoms with Gasteiger partial charge in [-0.25, -0.2) is 0 Å². The molecule has 70 valence electrons. The van der Waals surface area contributed by atoms with Gasteiger partial charge < -0.3 is 5.73 Å². The molecule has 0 aromatic carbocycles. The summed E-state index contributed by atoms with van der Waals surface area (Å²) in [5, 5.41) is 0. The smallest absolute Gasteiger partial charge is 0.0968 e. The Bertz CT molecular complexity index is 155. The van der Waals surface area contributed by atoms with E-state index >= 15 is 0 Å². The van der Waals surface area contributed by atoms with Gasteiger partial charge in [-0.2, -0.15) is 0 Å². The van der Waals surface area contributed by atoms with Crippen LogP contribution in [0.25, 0.3) is 0 Å². The molecule has 0 aromatic heterocycles. The number of hydrogen-bond donors (Lipinski definition) is 1. The zero-order chi connectivity index (χ0) is 8.97. The summed E-state index contributed by atoms with van der Waals surface area (Å²) >= 11 is 0. The molecule has 2 nitrogen and oxygen atoms in total. The fraction of sp³-hybridized carbons (Fsp3) is 0.900. The Labute approximate surface area is 75.3 Å². The molecule has 0 atom stereocenters. The maximum atomic E-state index is 5.88. The van der Waals surface area contributed by atoms with E-state index in [4.69, 9.17) is 5.73 Å². The Kier molecular flexibility index (Phi) is 3.57. The zero-order valence-electron chi connectivity index (χ0n) is 8.21. The highest BCUT2D eigenvalue weighted by molar-refractivity contribution is 5.83. The molecular formula is C10H20N2. The molecule has 1 saturated carbocycles. The lowest BCUT2D eigenvalue weighted by Crippen LogP contribution is -2.22. The van der Waals surface area contributed by atoms with Crippen molar-refractivity contribution in [3.63, 3.8) is 0 Å². The molecule has 2 heteroatoms. The van der Waals surface area contributed by atoms with Crippen molar-refractivity contribution in [2.45, 2.75) is 39.5 Å². The van der Waals surface area contributed by atoms with Crippen LogP contribution in [0.1, 0.15) is 39.5 Å². The summed E-state index contributed by atoms with van der Waals surface area (Å²) in [4.78, 5) is 4.40. The Morgan fingerprint density at radius 2 is 2.00 bits per heavy atom. The average molecular weight is 168 g/mol. The maximum absolute atomic E-state index is 5.88. The first-order valence-corrected chi connectivity index (χ1v) is 5.00. The first kappa shape index (κ1) is 9.56. The molecular weight excluding hydrogens is 148 g/mol. The highest BCUT2D eigenvalue weighted by Crippen LogP contribution is 2.24. The van der Waals surface area contributed by atoms with Gasteiger partial charge in [-0.15, -0.1) is 0 Å². The van der Waals surface area contributed by atoms with E-state index in [1.165, 1.54) is 25.7 Å². The second-order valence-electron chi connectivity index (χ2n) is 4.14. The third kappa shape index (κ3) is 2.84. The van der Waals surface area contributed by atoms with Crippen LogP contribution in [0.5, 0.6) is 0 Å². The van der Waals surface area contributed by atoms with Crippen LogP contribution in [0.2, 0.25) is 0 Å². The highest BCUT2D eigenvalue weighted by atomic mass is 14.9. The molecule has 12 heavy (non-hydrogen) atoms. The average Bonchev–Trinajstić information content (AvgIpc) is 2.51. The van der Waals surface area contributed by atoms with Crippen molar-refractivity contribution >= 4 is 5.84 Å². The molecule has 0 aliphatic heterocycles. The summed E-state index contributed by atoms with van der Waals surface area (Å²) in [6.07, 6.45) is 5.19. The number of hydrogen-bond acceptors (Lipinski definition) is 1. The van der Waals surface area contributed by atoms with Crippen molar-refractivity contribution in [1.29, 1.82) is 0 Å². The Morgan fingerprint density at radius 1 is 1.42 bits per heavy atom. The van der Waals surface area contributed by atoms with E-state index in [0.29, 0.717) is 11.8 Å². The molecule has 0 heterocycles. The molecule has 1 aliphatic rings. The van der Waals surface area contributed by atoms with E-state index in [2.05, 4.69) is 18.8 Å². The van der Waals surface area contributed by atoms with Gasteiger partial charge in [0.1, 0.15) is 0 Å². The van der Waals surface area contributed by atoms with E-state index in [0.717, 1.165) is 12.4 Å². The number of amidine groups is 1. The van der Waals surface area contributed by atoms with Crippen LogP contribution in [0, 0.1) is 11.8 Å². The van der Waals surface area contributed by atoms with E-state index in [9.17, 15) is 0 Å². The van der Waals surface area contributed by atoms with E-state index in [-0.39, 0.29) is 0 Å². The predicted molar refractivity (Wildman–Crippen MR) is 53.3 cm³/mol. The van der Waals surface area contributed by atoms with E-state index in [1.807, 2.05) is 0 Å². The highest BCUT2D eigenvalue weighted by Gasteiger charge is 2.18. The minimum atomic E-state index is 0.601. The van der Waals surface area contributed by atoms with Crippen molar-refractivity contribution in [3.8, 4) is 0 Å². The van der Waals surface area contributed by atoms with Crippen molar-refractivity contribution in [1.82, 2.24) is 0 Å². The minimum absolute atomic E-state index is 0.601. The maximum Gasteiger partial charge on any atom is 0.0968 e. The first-order valence-electron chi connectivity index (χ1n) is 5.00. The summed E-state index contributed by atoms with van der Waals surface area (Å²) in [5.74, 6) is 2.13. The number of rotatable bonds is 3. The van der Waals surface area contributed by atoms with Crippen LogP contribution in [0.4, 0.5) is 0 Å². The molecule has 1 fully saturated rings. The molecule has 0 spiro atoms. The lowest BCUT2D eigenvalue weighted by molar-refractivity contribution is 0.650. The van der Waals surface area contributed by atoms with Crippen molar-refractivity contribution < 1.29 is 0 Å². The third-order valence-corrected chi connectivity index (χ3v) is 2.41. The number of nitrogens with two attached hydrogens (primary N) is 1. The SMILES string of the molecule is CC(C)CN=C(N)C1CCCC1. The second-order valence-corrected chi connectivity index (χ2v) is 4.14. The summed E-state index contributed by atoms with van der Waals surface area (Å²) < 4.78 is 0. The van der Waals surface area contributed by atoms with Gasteiger partial charge in [-0.3, -0.25) is 4.99 Å². The van der Waals surface area contributed by atoms with Gasteiger partial charge in [0.15, 0.2) is 0 Å². The molecule has 0 radical (unpaired) electrons. The minimum Gasteiger partial charge on any atom is -0.387 e. The van der Waals surface area contributed by atoms with E-state index < -0.39 is 0 Å². The van der Waals surface area contributed by atoms with Gasteiger partial charge in [0.2, 0.25) is 0 Å². The second kappa shape index (κ2) is 4.48. The van der Waals surface area contributed by atoms with Crippen LogP contribution in [0.3, 0.4) is 0 Å². The molecule has 1 aliphatic carbocycles. The molecule has 1 rings (SSSR count). The summed E-state index contributed by atoms with van der Waals surface area (Å²) in [6.45, 7) is 5.24. The van der Waals surface area contributed by atoms with Gasteiger partial charge >= 0.3 is 0 Å². The molecule has 0 amide bonds. The van der Waals surface area contributed by atoms with Crippen LogP contribution >= 0.6 is 0 Å². The largest absolute Gasteiger partial charge is 0.387 e. The standard InChI is InChI=1S/C10H20N2/c1-8(2)7-12-10(11)9-5-3-4-6-9/h8-9H,3-7H2,1-2H3,(H2,11,12). The molecule has 0 unspecified atom stereocenters. The number of nitrogens with zero attached hydrogens (tertiary/aromatic N) is 1. The van der Waals surface area contributed by atoms with Crippen LogP contribution in [-0.4, -0.2) is 12.4 Å². The predicted octanol–water partition coefficient (Wildman–Crippen LogP) is 2.19. The van der Waals surface area contributed by atoms with Crippen LogP contribution < -0.4 is 5.73 Å². The Morgan fingerprint density at radius 3 is 2.50 bits per heavy atom. The third-order valence-electron chi connectivity index (χ3n) is 2.41. The Hall–Kier alpha value is -0.530. The normalized spacial score (nSPS) is 20.8. The summed E-state index contributed by atoms with van der Waals surface area (Å²) in [6, 6.07) is 0. The molecule has 0 bridgehead atoms. The molecule has 0 aromatic rings. The van der Waals surface area contributed by atoms with Gasteiger partial charge in [0, 0.05) is 12.5 Å².